The van der Waals surface area contributed by atoms with Crippen LogP contribution >= 0.6 is 14.8 Å². The van der Waals surface area contributed by atoms with Crippen LogP contribution in [0.3, 0.4) is 0 Å². The van der Waals surface area contributed by atoms with E-state index in [9.17, 15) is 8.42 Å². The summed E-state index contributed by atoms with van der Waals surface area (Å²) in [7, 11) is -3.24. The molecule has 0 heterocycles. The second kappa shape index (κ2) is 3.18. The SMILES string of the molecule is Cc1cc(C)cc(S(=O)(=O)Br)c1. The van der Waals surface area contributed by atoms with Crippen LogP contribution in [0.1, 0.15) is 11.1 Å². The van der Waals surface area contributed by atoms with E-state index >= 15 is 0 Å². The summed E-state index contributed by atoms with van der Waals surface area (Å²) in [5.41, 5.74) is 1.90. The zero-order valence-corrected chi connectivity index (χ0v) is 9.24. The van der Waals surface area contributed by atoms with Crippen molar-refractivity contribution >= 4 is 23.1 Å². The lowest BCUT2D eigenvalue weighted by Gasteiger charge is -2.00. The fourth-order valence-electron chi connectivity index (χ4n) is 1.07. The van der Waals surface area contributed by atoms with Crippen molar-refractivity contribution in [3.63, 3.8) is 0 Å². The second-order valence-electron chi connectivity index (χ2n) is 2.76. The van der Waals surface area contributed by atoms with Gasteiger partial charge in [0.05, 0.1) is 19.7 Å². The molecule has 0 saturated carbocycles. The van der Waals surface area contributed by atoms with Crippen molar-refractivity contribution in [2.45, 2.75) is 18.7 Å². The van der Waals surface area contributed by atoms with Gasteiger partial charge in [0.1, 0.15) is 0 Å². The first-order chi connectivity index (χ1) is 5.39. The fourth-order valence-corrected chi connectivity index (χ4v) is 2.29. The first-order valence-corrected chi connectivity index (χ1v) is 6.75. The van der Waals surface area contributed by atoms with E-state index in [0.29, 0.717) is 4.90 Å². The molecule has 0 atom stereocenters. The van der Waals surface area contributed by atoms with Crippen molar-refractivity contribution in [1.29, 1.82) is 0 Å². The van der Waals surface area contributed by atoms with Crippen molar-refractivity contribution < 1.29 is 8.42 Å². The normalized spacial score (nSPS) is 11.6. The Labute approximate surface area is 79.7 Å². The molecule has 0 aliphatic heterocycles. The Morgan fingerprint density at radius 3 is 1.83 bits per heavy atom. The van der Waals surface area contributed by atoms with Crippen LogP contribution in [0.5, 0.6) is 0 Å². The third-order valence-electron chi connectivity index (χ3n) is 1.48. The molecule has 0 aromatic heterocycles. The van der Waals surface area contributed by atoms with E-state index in [4.69, 9.17) is 0 Å². The molecule has 0 bridgehead atoms. The van der Waals surface area contributed by atoms with Gasteiger partial charge < -0.3 is 0 Å². The van der Waals surface area contributed by atoms with Gasteiger partial charge in [0.2, 0.25) is 8.27 Å². The van der Waals surface area contributed by atoms with Gasteiger partial charge >= 0.3 is 0 Å². The molecule has 0 radical (unpaired) electrons. The maximum Gasteiger partial charge on any atom is 0.237 e. The van der Waals surface area contributed by atoms with E-state index in [1.54, 1.807) is 12.1 Å². The molecule has 0 aliphatic rings. The van der Waals surface area contributed by atoms with E-state index in [-0.39, 0.29) is 0 Å². The van der Waals surface area contributed by atoms with Crippen LogP contribution in [-0.2, 0) is 8.27 Å². The van der Waals surface area contributed by atoms with Crippen molar-refractivity contribution in [3.8, 4) is 0 Å². The second-order valence-corrected chi connectivity index (χ2v) is 6.67. The lowest BCUT2D eigenvalue weighted by atomic mass is 10.2. The van der Waals surface area contributed by atoms with Crippen LogP contribution in [0, 0.1) is 13.8 Å². The molecule has 0 spiro atoms. The predicted molar refractivity (Wildman–Crippen MR) is 52.0 cm³/mol. The Bertz CT molecular complexity index is 375. The van der Waals surface area contributed by atoms with Crippen molar-refractivity contribution in [3.05, 3.63) is 29.3 Å². The highest BCUT2D eigenvalue weighted by atomic mass is 79.9. The Morgan fingerprint density at radius 2 is 1.50 bits per heavy atom. The maximum atomic E-state index is 11.1. The number of aryl methyl sites for hydroxylation is 2. The molecule has 0 fully saturated rings. The van der Waals surface area contributed by atoms with Crippen LogP contribution < -0.4 is 0 Å². The van der Waals surface area contributed by atoms with E-state index in [0.717, 1.165) is 11.1 Å². The third kappa shape index (κ3) is 2.32. The highest BCUT2D eigenvalue weighted by Crippen LogP contribution is 2.19. The molecule has 0 N–H and O–H groups in total. The van der Waals surface area contributed by atoms with E-state index in [1.807, 2.05) is 19.9 Å². The highest BCUT2D eigenvalue weighted by Gasteiger charge is 2.09. The van der Waals surface area contributed by atoms with E-state index < -0.39 is 8.27 Å². The number of rotatable bonds is 1. The largest absolute Gasteiger partial charge is 0.237 e. The molecule has 0 unspecified atom stereocenters. The third-order valence-corrected chi connectivity index (χ3v) is 3.40. The Morgan fingerprint density at radius 1 is 1.08 bits per heavy atom. The van der Waals surface area contributed by atoms with E-state index in [2.05, 4.69) is 14.8 Å². The number of benzene rings is 1. The van der Waals surface area contributed by atoms with Crippen LogP contribution in [0.4, 0.5) is 0 Å². The molecule has 66 valence electrons. The quantitative estimate of drug-likeness (QED) is 0.716. The summed E-state index contributed by atoms with van der Waals surface area (Å²) in [6, 6.07) is 5.20. The van der Waals surface area contributed by atoms with Gasteiger partial charge in [-0.05, 0) is 37.1 Å². The van der Waals surface area contributed by atoms with Gasteiger partial charge in [-0.3, -0.25) is 0 Å². The monoisotopic (exact) mass is 248 g/mol. The van der Waals surface area contributed by atoms with Gasteiger partial charge in [-0.25, -0.2) is 8.42 Å². The molecule has 1 aromatic rings. The summed E-state index contributed by atoms with van der Waals surface area (Å²) in [4.78, 5) is 0.319. The average molecular weight is 249 g/mol. The summed E-state index contributed by atoms with van der Waals surface area (Å²) in [6.45, 7) is 3.74. The number of halogens is 1. The summed E-state index contributed by atoms with van der Waals surface area (Å²) in [5.74, 6) is 0. The predicted octanol–water partition coefficient (Wildman–Crippen LogP) is 2.39. The number of hydrogen-bond acceptors (Lipinski definition) is 2. The van der Waals surface area contributed by atoms with Gasteiger partial charge in [-0.1, -0.05) is 6.07 Å². The van der Waals surface area contributed by atoms with Crippen LogP contribution in [0.25, 0.3) is 0 Å². The molecule has 0 amide bonds. The molecular formula is C8H9BrO2S. The summed E-state index contributed by atoms with van der Waals surface area (Å²) >= 11 is 2.63. The first kappa shape index (κ1) is 9.74. The smallest absolute Gasteiger partial charge is 0.212 e. The zero-order valence-electron chi connectivity index (χ0n) is 6.83. The summed E-state index contributed by atoms with van der Waals surface area (Å²) in [5, 5.41) is 0. The van der Waals surface area contributed by atoms with Gasteiger partial charge in [-0.2, -0.15) is 0 Å². The molecule has 12 heavy (non-hydrogen) atoms. The fraction of sp³-hybridized carbons (Fsp3) is 0.250. The Kier molecular flexibility index (Phi) is 2.58. The average Bonchev–Trinajstić information content (AvgIpc) is 1.82. The lowest BCUT2D eigenvalue weighted by molar-refractivity contribution is 0.611. The van der Waals surface area contributed by atoms with Gasteiger partial charge in [-0.15, -0.1) is 0 Å². The molecule has 1 aromatic carbocycles. The minimum absolute atomic E-state index is 0.319. The molecular weight excluding hydrogens is 240 g/mol. The molecule has 0 aliphatic carbocycles. The molecule has 1 rings (SSSR count). The topological polar surface area (TPSA) is 34.1 Å². The van der Waals surface area contributed by atoms with Crippen molar-refractivity contribution in [2.24, 2.45) is 0 Å². The van der Waals surface area contributed by atoms with Gasteiger partial charge in [0.15, 0.2) is 0 Å². The molecule has 0 saturated heterocycles. The van der Waals surface area contributed by atoms with Crippen molar-refractivity contribution in [2.75, 3.05) is 0 Å². The number of hydrogen-bond donors (Lipinski definition) is 0. The summed E-state index contributed by atoms with van der Waals surface area (Å²) < 4.78 is 22.1. The van der Waals surface area contributed by atoms with Crippen LogP contribution in [-0.4, -0.2) is 8.42 Å². The summed E-state index contributed by atoms with van der Waals surface area (Å²) in [6.07, 6.45) is 0. The van der Waals surface area contributed by atoms with Crippen LogP contribution in [0.15, 0.2) is 23.1 Å². The van der Waals surface area contributed by atoms with Gasteiger partial charge in [0.25, 0.3) is 0 Å². The standard InChI is InChI=1S/C8H9BrO2S/c1-6-3-7(2)5-8(4-6)12(9,10)11/h3-5H,1-2H3. The first-order valence-electron chi connectivity index (χ1n) is 3.42. The Balaban J connectivity index is 3.37. The van der Waals surface area contributed by atoms with Crippen molar-refractivity contribution in [1.82, 2.24) is 0 Å². The minimum Gasteiger partial charge on any atom is -0.212 e. The zero-order chi connectivity index (χ0) is 9.35. The van der Waals surface area contributed by atoms with Gasteiger partial charge in [0, 0.05) is 0 Å². The highest BCUT2D eigenvalue weighted by molar-refractivity contribution is 9.47. The van der Waals surface area contributed by atoms with E-state index in [1.165, 1.54) is 0 Å². The minimum atomic E-state index is -3.24. The molecule has 2 nitrogen and oxygen atoms in total. The maximum absolute atomic E-state index is 11.1. The Hall–Kier alpha value is -0.350. The van der Waals surface area contributed by atoms with Crippen LogP contribution in [0.2, 0.25) is 0 Å². The lowest BCUT2D eigenvalue weighted by Crippen LogP contribution is -1.91. The molecule has 4 heteroatoms.